The van der Waals surface area contributed by atoms with Gasteiger partial charge in [0.05, 0.1) is 23.2 Å². The number of hydrogen-bond acceptors (Lipinski definition) is 5. The lowest BCUT2D eigenvalue weighted by atomic mass is 10.2. The molecule has 102 valence electrons. The molecule has 0 saturated heterocycles. The van der Waals surface area contributed by atoms with Gasteiger partial charge in [-0.3, -0.25) is 0 Å². The number of anilines is 2. The second kappa shape index (κ2) is 5.06. The summed E-state index contributed by atoms with van der Waals surface area (Å²) in [5.74, 6) is 0.567. The van der Waals surface area contributed by atoms with Crippen LogP contribution in [0.4, 0.5) is 11.4 Å². The van der Waals surface area contributed by atoms with Crippen LogP contribution in [0.25, 0.3) is 0 Å². The number of sulfone groups is 1. The van der Waals surface area contributed by atoms with E-state index in [-0.39, 0.29) is 6.54 Å². The number of ether oxygens (including phenoxy) is 1. The summed E-state index contributed by atoms with van der Waals surface area (Å²) < 4.78 is 27.4. The van der Waals surface area contributed by atoms with Crippen molar-refractivity contribution in [2.45, 2.75) is 18.6 Å². The molecule has 6 heteroatoms. The molecule has 1 rings (SSSR count). The average molecular weight is 272 g/mol. The molecule has 0 heterocycles. The maximum Gasteiger partial charge on any atom is 0.154 e. The maximum absolute atomic E-state index is 11.6. The quantitative estimate of drug-likeness (QED) is 0.794. The highest BCUT2D eigenvalue weighted by molar-refractivity contribution is 7.92. The number of para-hydroxylation sites is 1. The fraction of sp³-hybridized carbons (Fsp3) is 0.500. The molecule has 3 N–H and O–H groups in total. The molecule has 1 aromatic carbocycles. The highest BCUT2D eigenvalue weighted by Gasteiger charge is 2.30. The molecule has 1 aromatic rings. The van der Waals surface area contributed by atoms with Gasteiger partial charge in [-0.25, -0.2) is 8.42 Å². The molecule has 0 aliphatic rings. The van der Waals surface area contributed by atoms with E-state index in [0.717, 1.165) is 0 Å². The summed E-state index contributed by atoms with van der Waals surface area (Å²) in [6.07, 6.45) is 1.23. The molecule has 0 aliphatic heterocycles. The summed E-state index contributed by atoms with van der Waals surface area (Å²) in [5, 5.41) is 3.05. The SMILES string of the molecule is COc1cccc(NCC(C)(C)S(C)(=O)=O)c1N. The zero-order valence-corrected chi connectivity index (χ0v) is 12.0. The number of benzene rings is 1. The van der Waals surface area contributed by atoms with Crippen molar-refractivity contribution >= 4 is 21.2 Å². The van der Waals surface area contributed by atoms with E-state index in [1.54, 1.807) is 32.0 Å². The predicted molar refractivity (Wildman–Crippen MR) is 74.8 cm³/mol. The smallest absolute Gasteiger partial charge is 0.154 e. The van der Waals surface area contributed by atoms with E-state index < -0.39 is 14.6 Å². The Labute approximate surface area is 108 Å². The Morgan fingerprint density at radius 3 is 2.50 bits per heavy atom. The minimum absolute atomic E-state index is 0.281. The molecule has 0 aromatic heterocycles. The molecule has 0 radical (unpaired) electrons. The van der Waals surface area contributed by atoms with E-state index in [4.69, 9.17) is 10.5 Å². The highest BCUT2D eigenvalue weighted by Crippen LogP contribution is 2.29. The summed E-state index contributed by atoms with van der Waals surface area (Å²) in [6, 6.07) is 5.34. The predicted octanol–water partition coefficient (Wildman–Crippen LogP) is 1.51. The highest BCUT2D eigenvalue weighted by atomic mass is 32.2. The summed E-state index contributed by atoms with van der Waals surface area (Å²) in [5.41, 5.74) is 7.04. The molecule has 0 amide bonds. The zero-order valence-electron chi connectivity index (χ0n) is 11.1. The van der Waals surface area contributed by atoms with Gasteiger partial charge in [0.2, 0.25) is 0 Å². The van der Waals surface area contributed by atoms with Crippen LogP contribution in [-0.4, -0.2) is 33.1 Å². The first-order chi connectivity index (χ1) is 8.19. The first kappa shape index (κ1) is 14.6. The minimum Gasteiger partial charge on any atom is -0.495 e. The first-order valence-corrected chi connectivity index (χ1v) is 7.44. The van der Waals surface area contributed by atoms with Crippen molar-refractivity contribution in [3.05, 3.63) is 18.2 Å². The largest absolute Gasteiger partial charge is 0.495 e. The van der Waals surface area contributed by atoms with Crippen molar-refractivity contribution in [3.63, 3.8) is 0 Å². The van der Waals surface area contributed by atoms with Crippen LogP contribution in [0.2, 0.25) is 0 Å². The van der Waals surface area contributed by atoms with E-state index in [2.05, 4.69) is 5.32 Å². The zero-order chi connectivity index (χ0) is 14.0. The second-order valence-electron chi connectivity index (χ2n) is 4.81. The molecule has 0 atom stereocenters. The molecular formula is C12H20N2O3S. The van der Waals surface area contributed by atoms with Crippen LogP contribution in [0.15, 0.2) is 18.2 Å². The number of nitrogen functional groups attached to an aromatic ring is 1. The number of nitrogens with two attached hydrogens (primary N) is 1. The number of hydrogen-bond donors (Lipinski definition) is 2. The molecule has 0 spiro atoms. The minimum atomic E-state index is -3.14. The van der Waals surface area contributed by atoms with Gasteiger partial charge in [-0.05, 0) is 26.0 Å². The van der Waals surface area contributed by atoms with Crippen LogP contribution in [0, 0.1) is 0 Å². The Morgan fingerprint density at radius 2 is 2.00 bits per heavy atom. The molecule has 0 aliphatic carbocycles. The standard InChI is InChI=1S/C12H20N2O3S/c1-12(2,18(4,15)16)8-14-9-6-5-7-10(17-3)11(9)13/h5-7,14H,8,13H2,1-4H3. The lowest BCUT2D eigenvalue weighted by Gasteiger charge is -2.24. The van der Waals surface area contributed by atoms with Crippen molar-refractivity contribution in [2.24, 2.45) is 0 Å². The average Bonchev–Trinajstić information content (AvgIpc) is 2.26. The lowest BCUT2D eigenvalue weighted by molar-refractivity contribution is 0.417. The molecule has 5 nitrogen and oxygen atoms in total. The van der Waals surface area contributed by atoms with Gasteiger partial charge in [0.15, 0.2) is 9.84 Å². The van der Waals surface area contributed by atoms with Gasteiger partial charge in [0, 0.05) is 12.8 Å². The van der Waals surface area contributed by atoms with Crippen LogP contribution in [0.1, 0.15) is 13.8 Å². The van der Waals surface area contributed by atoms with Gasteiger partial charge < -0.3 is 15.8 Å². The van der Waals surface area contributed by atoms with Crippen LogP contribution in [0.5, 0.6) is 5.75 Å². The number of methoxy groups -OCH3 is 1. The lowest BCUT2D eigenvalue weighted by Crippen LogP contribution is -2.38. The van der Waals surface area contributed by atoms with Crippen molar-refractivity contribution in [3.8, 4) is 5.75 Å². The Bertz CT molecular complexity index is 524. The van der Waals surface area contributed by atoms with Crippen LogP contribution in [0.3, 0.4) is 0 Å². The van der Waals surface area contributed by atoms with E-state index in [0.29, 0.717) is 17.1 Å². The van der Waals surface area contributed by atoms with E-state index in [1.165, 1.54) is 13.4 Å². The Balaban J connectivity index is 2.88. The van der Waals surface area contributed by atoms with Crippen molar-refractivity contribution < 1.29 is 13.2 Å². The third kappa shape index (κ3) is 3.07. The van der Waals surface area contributed by atoms with Crippen LogP contribution in [-0.2, 0) is 9.84 Å². The van der Waals surface area contributed by atoms with Gasteiger partial charge in [0.25, 0.3) is 0 Å². The molecule has 18 heavy (non-hydrogen) atoms. The second-order valence-corrected chi connectivity index (χ2v) is 7.46. The molecule has 0 fully saturated rings. The first-order valence-electron chi connectivity index (χ1n) is 5.55. The topological polar surface area (TPSA) is 81.4 Å². The monoisotopic (exact) mass is 272 g/mol. The summed E-state index contributed by atoms with van der Waals surface area (Å²) in [6.45, 7) is 3.63. The van der Waals surface area contributed by atoms with Gasteiger partial charge in [-0.2, -0.15) is 0 Å². The van der Waals surface area contributed by atoms with E-state index in [1.807, 2.05) is 0 Å². The van der Waals surface area contributed by atoms with Crippen LogP contribution < -0.4 is 15.8 Å². The molecule has 0 bridgehead atoms. The Hall–Kier alpha value is -1.43. The van der Waals surface area contributed by atoms with Gasteiger partial charge in [0.1, 0.15) is 5.75 Å². The summed E-state index contributed by atoms with van der Waals surface area (Å²) in [4.78, 5) is 0. The van der Waals surface area contributed by atoms with E-state index >= 15 is 0 Å². The van der Waals surface area contributed by atoms with Gasteiger partial charge in [-0.15, -0.1) is 0 Å². The van der Waals surface area contributed by atoms with Gasteiger partial charge >= 0.3 is 0 Å². The van der Waals surface area contributed by atoms with E-state index in [9.17, 15) is 8.42 Å². The third-order valence-corrected chi connectivity index (χ3v) is 5.15. The third-order valence-electron chi connectivity index (χ3n) is 2.99. The normalized spacial score (nSPS) is 12.2. The fourth-order valence-corrected chi connectivity index (χ4v) is 1.65. The molecule has 0 unspecified atom stereocenters. The van der Waals surface area contributed by atoms with Gasteiger partial charge in [-0.1, -0.05) is 6.07 Å². The van der Waals surface area contributed by atoms with Crippen molar-refractivity contribution in [2.75, 3.05) is 31.0 Å². The molecular weight excluding hydrogens is 252 g/mol. The summed E-state index contributed by atoms with van der Waals surface area (Å²) >= 11 is 0. The van der Waals surface area contributed by atoms with Crippen molar-refractivity contribution in [1.29, 1.82) is 0 Å². The molecule has 0 saturated carbocycles. The van der Waals surface area contributed by atoms with Crippen LogP contribution >= 0.6 is 0 Å². The Morgan fingerprint density at radius 1 is 1.39 bits per heavy atom. The maximum atomic E-state index is 11.6. The Kier molecular flexibility index (Phi) is 4.11. The number of nitrogens with one attached hydrogen (secondary N) is 1. The summed E-state index contributed by atoms with van der Waals surface area (Å²) in [7, 11) is -1.60. The van der Waals surface area contributed by atoms with Crippen molar-refractivity contribution in [1.82, 2.24) is 0 Å². The number of rotatable bonds is 5. The fourth-order valence-electron chi connectivity index (χ4n) is 1.32.